The highest BCUT2D eigenvalue weighted by molar-refractivity contribution is 7.80. The van der Waals surface area contributed by atoms with E-state index in [0.29, 0.717) is 36.4 Å². The third kappa shape index (κ3) is 6.89. The molecule has 0 radical (unpaired) electrons. The number of benzene rings is 2. The van der Waals surface area contributed by atoms with E-state index < -0.39 is 11.7 Å². The topological polar surface area (TPSA) is 48.0 Å². The minimum absolute atomic E-state index is 0.217. The summed E-state index contributed by atoms with van der Waals surface area (Å²) < 4.78 is 43.5. The van der Waals surface area contributed by atoms with Gasteiger partial charge in [-0.15, -0.1) is 0 Å². The van der Waals surface area contributed by atoms with E-state index >= 15 is 0 Å². The largest absolute Gasteiger partial charge is 0.497 e. The molecule has 2 aromatic carbocycles. The zero-order valence-electron chi connectivity index (χ0n) is 20.5. The first-order chi connectivity index (χ1) is 17.2. The van der Waals surface area contributed by atoms with E-state index in [1.165, 1.54) is 17.7 Å². The lowest BCUT2D eigenvalue weighted by Crippen LogP contribution is -2.46. The average Bonchev–Trinajstić information content (AvgIpc) is 2.89. The van der Waals surface area contributed by atoms with Crippen LogP contribution in [0.1, 0.15) is 42.7 Å². The number of aliphatic hydroxyl groups is 1. The maximum absolute atomic E-state index is 12.8. The molecule has 0 bridgehead atoms. The number of rotatable bonds is 6. The summed E-state index contributed by atoms with van der Waals surface area (Å²) in [7, 11) is 1.68. The minimum atomic E-state index is -4.35. The van der Waals surface area contributed by atoms with Gasteiger partial charge in [0.15, 0.2) is 5.11 Å². The van der Waals surface area contributed by atoms with Crippen molar-refractivity contribution >= 4 is 23.0 Å². The summed E-state index contributed by atoms with van der Waals surface area (Å²) in [6, 6.07) is 13.2. The molecule has 5 nitrogen and oxygen atoms in total. The van der Waals surface area contributed by atoms with Crippen LogP contribution in [0.4, 0.5) is 18.9 Å². The van der Waals surface area contributed by atoms with Gasteiger partial charge in [-0.3, -0.25) is 0 Å². The third-order valence-corrected chi connectivity index (χ3v) is 7.81. The van der Waals surface area contributed by atoms with Gasteiger partial charge in [-0.2, -0.15) is 13.2 Å². The molecule has 4 rings (SSSR count). The molecule has 1 unspecified atom stereocenters. The number of piperidine rings is 2. The monoisotopic (exact) mass is 521 g/mol. The second kappa shape index (κ2) is 11.8. The van der Waals surface area contributed by atoms with E-state index in [0.717, 1.165) is 56.7 Å². The van der Waals surface area contributed by atoms with Crippen molar-refractivity contribution in [2.75, 3.05) is 45.2 Å². The Morgan fingerprint density at radius 3 is 2.17 bits per heavy atom. The molecule has 9 heteroatoms. The first kappa shape index (κ1) is 26.7. The van der Waals surface area contributed by atoms with E-state index in [1.54, 1.807) is 7.11 Å². The second-order valence-electron chi connectivity index (χ2n) is 9.75. The van der Waals surface area contributed by atoms with E-state index in [2.05, 4.69) is 22.3 Å². The number of likely N-dealkylation sites (tertiary alicyclic amines) is 2. The molecule has 0 aliphatic carbocycles. The zero-order chi connectivity index (χ0) is 25.7. The van der Waals surface area contributed by atoms with Gasteiger partial charge in [-0.25, -0.2) is 0 Å². The van der Waals surface area contributed by atoms with Crippen LogP contribution in [0.25, 0.3) is 0 Å². The molecule has 2 aliphatic rings. The van der Waals surface area contributed by atoms with E-state index in [-0.39, 0.29) is 12.0 Å². The van der Waals surface area contributed by atoms with Crippen molar-refractivity contribution in [1.29, 1.82) is 0 Å². The number of aliphatic hydroxyl groups excluding tert-OH is 1. The van der Waals surface area contributed by atoms with Gasteiger partial charge in [0.2, 0.25) is 0 Å². The molecule has 1 atom stereocenters. The Hall–Kier alpha value is -2.36. The maximum atomic E-state index is 12.8. The number of nitrogens with zero attached hydrogens (tertiary/aromatic N) is 2. The minimum Gasteiger partial charge on any atom is -0.497 e. The van der Waals surface area contributed by atoms with Gasteiger partial charge in [-0.05, 0) is 105 Å². The summed E-state index contributed by atoms with van der Waals surface area (Å²) in [6.07, 6.45) is -0.894. The fourth-order valence-corrected chi connectivity index (χ4v) is 5.47. The van der Waals surface area contributed by atoms with Crippen LogP contribution in [0.5, 0.6) is 5.75 Å². The number of methoxy groups -OCH3 is 1. The number of hydrogen-bond donors (Lipinski definition) is 2. The quantitative estimate of drug-likeness (QED) is 0.499. The Balaban J connectivity index is 1.18. The summed E-state index contributed by atoms with van der Waals surface area (Å²) >= 11 is 5.48. The van der Waals surface area contributed by atoms with Crippen molar-refractivity contribution in [1.82, 2.24) is 9.80 Å². The van der Waals surface area contributed by atoms with Crippen LogP contribution >= 0.6 is 12.2 Å². The highest BCUT2D eigenvalue weighted by atomic mass is 32.1. The molecule has 196 valence electrons. The Kier molecular flexibility index (Phi) is 8.74. The molecular formula is C27H34F3N3O2S. The number of thiocarbonyl (C=S) groups is 1. The molecular weight excluding hydrogens is 487 g/mol. The van der Waals surface area contributed by atoms with Gasteiger partial charge in [0, 0.05) is 25.3 Å². The first-order valence-electron chi connectivity index (χ1n) is 12.5. The molecule has 2 aromatic rings. The Morgan fingerprint density at radius 2 is 1.61 bits per heavy atom. The van der Waals surface area contributed by atoms with Crippen molar-refractivity contribution < 1.29 is 23.0 Å². The van der Waals surface area contributed by atoms with Gasteiger partial charge in [-0.1, -0.05) is 12.1 Å². The molecule has 2 heterocycles. The molecule has 36 heavy (non-hydrogen) atoms. The van der Waals surface area contributed by atoms with Crippen LogP contribution in [0.2, 0.25) is 0 Å². The number of alkyl halides is 3. The van der Waals surface area contributed by atoms with Gasteiger partial charge < -0.3 is 25.0 Å². The molecule has 2 saturated heterocycles. The first-order valence-corrected chi connectivity index (χ1v) is 12.9. The Labute approximate surface area is 216 Å². The third-order valence-electron chi connectivity index (χ3n) is 7.45. The number of β-amino-alcohol motifs (C(OH)–C–C–N with tert-alkyl or cyclic N) is 1. The van der Waals surface area contributed by atoms with E-state index in [9.17, 15) is 18.3 Å². The fraction of sp³-hybridized carbons (Fsp3) is 0.519. The lowest BCUT2D eigenvalue weighted by atomic mass is 9.88. The second-order valence-corrected chi connectivity index (χ2v) is 10.1. The van der Waals surface area contributed by atoms with Crippen molar-refractivity contribution in [3.05, 3.63) is 59.7 Å². The van der Waals surface area contributed by atoms with Crippen LogP contribution in [0.3, 0.4) is 0 Å². The molecule has 0 amide bonds. The highest BCUT2D eigenvalue weighted by Gasteiger charge is 2.31. The molecule has 2 fully saturated rings. The van der Waals surface area contributed by atoms with Crippen LogP contribution in [-0.4, -0.2) is 66.0 Å². The van der Waals surface area contributed by atoms with Crippen LogP contribution in [0.15, 0.2) is 48.5 Å². The predicted molar refractivity (Wildman–Crippen MR) is 139 cm³/mol. The number of ether oxygens (including phenoxy) is 1. The summed E-state index contributed by atoms with van der Waals surface area (Å²) in [5.41, 5.74) is 1.20. The van der Waals surface area contributed by atoms with Gasteiger partial charge in [0.05, 0.1) is 18.8 Å². The van der Waals surface area contributed by atoms with Gasteiger partial charge in [0.1, 0.15) is 5.75 Å². The molecule has 0 aromatic heterocycles. The van der Waals surface area contributed by atoms with Crippen molar-refractivity contribution in [2.24, 2.45) is 5.92 Å². The smallest absolute Gasteiger partial charge is 0.416 e. The summed E-state index contributed by atoms with van der Waals surface area (Å²) in [4.78, 5) is 4.39. The molecule has 0 saturated carbocycles. The Bertz CT molecular complexity index is 985. The van der Waals surface area contributed by atoms with Crippen LogP contribution in [-0.2, 0) is 6.18 Å². The lowest BCUT2D eigenvalue weighted by Gasteiger charge is -2.38. The lowest BCUT2D eigenvalue weighted by molar-refractivity contribution is -0.137. The van der Waals surface area contributed by atoms with Crippen molar-refractivity contribution in [3.8, 4) is 5.75 Å². The number of anilines is 1. The number of nitrogens with one attached hydrogen (secondary N) is 1. The normalized spacial score (nSPS) is 19.2. The molecule has 2 aliphatic heterocycles. The van der Waals surface area contributed by atoms with Crippen LogP contribution in [0, 0.1) is 5.92 Å². The van der Waals surface area contributed by atoms with E-state index in [4.69, 9.17) is 17.0 Å². The number of halogens is 3. The molecule has 0 spiro atoms. The highest BCUT2D eigenvalue weighted by Crippen LogP contribution is 2.31. The molecule has 2 N–H and O–H groups in total. The van der Waals surface area contributed by atoms with Crippen molar-refractivity contribution in [2.45, 2.75) is 43.9 Å². The summed E-state index contributed by atoms with van der Waals surface area (Å²) in [6.45, 7) is 4.08. The standard InChI is InChI=1S/C27H34F3N3O2S/c1-35-24-8-2-19(3-9-24)20-10-14-32(15-11-20)18-25(34)21-12-16-33(17-13-21)26(36)31-23-6-4-22(5-7-23)27(28,29)30/h2-9,20-21,25,34H,10-18H2,1H3,(H,31,36). The number of hydrogen-bond acceptors (Lipinski definition) is 4. The SMILES string of the molecule is COc1ccc(C2CCN(CC(O)C3CCN(C(=S)Nc4ccc(C(F)(F)F)cc4)CC3)CC2)cc1. The van der Waals surface area contributed by atoms with E-state index in [1.807, 2.05) is 17.0 Å². The van der Waals surface area contributed by atoms with Crippen LogP contribution < -0.4 is 10.1 Å². The van der Waals surface area contributed by atoms with Gasteiger partial charge >= 0.3 is 6.18 Å². The summed E-state index contributed by atoms with van der Waals surface area (Å²) in [5.74, 6) is 1.64. The fourth-order valence-electron chi connectivity index (χ4n) is 5.17. The van der Waals surface area contributed by atoms with Gasteiger partial charge in [0.25, 0.3) is 0 Å². The predicted octanol–water partition coefficient (Wildman–Crippen LogP) is 5.36. The average molecular weight is 522 g/mol. The maximum Gasteiger partial charge on any atom is 0.416 e. The van der Waals surface area contributed by atoms with Crippen molar-refractivity contribution in [3.63, 3.8) is 0 Å². The summed E-state index contributed by atoms with van der Waals surface area (Å²) in [5, 5.41) is 14.4. The Morgan fingerprint density at radius 1 is 1.00 bits per heavy atom. The zero-order valence-corrected chi connectivity index (χ0v) is 21.3.